The van der Waals surface area contributed by atoms with Crippen LogP contribution in [-0.2, 0) is 0 Å². The lowest BCUT2D eigenvalue weighted by Crippen LogP contribution is -2.57. The van der Waals surface area contributed by atoms with Crippen molar-refractivity contribution >= 4 is 0 Å². The molecule has 1 saturated carbocycles. The highest BCUT2D eigenvalue weighted by Gasteiger charge is 2.29. The Morgan fingerprint density at radius 1 is 1.00 bits per heavy atom. The molecule has 16 heavy (non-hydrogen) atoms. The Morgan fingerprint density at radius 3 is 2.06 bits per heavy atom. The Hall–Kier alpha value is -0.0800. The van der Waals surface area contributed by atoms with Crippen molar-refractivity contribution in [2.75, 3.05) is 13.1 Å². The fourth-order valence-electron chi connectivity index (χ4n) is 3.59. The Balaban J connectivity index is 1.83. The average molecular weight is 224 g/mol. The van der Waals surface area contributed by atoms with Gasteiger partial charge in [0.25, 0.3) is 0 Å². The average Bonchev–Trinajstić information content (AvgIpc) is 2.28. The lowest BCUT2D eigenvalue weighted by molar-refractivity contribution is 0.0868. The molecule has 1 aliphatic heterocycles. The number of nitrogens with zero attached hydrogens (tertiary/aromatic N) is 1. The smallest absolute Gasteiger partial charge is 0.0169 e. The standard InChI is InChI=1S/C14H28N2/c1-4-13-5-7-14(8-6-13)16-9-11(2)15-12(3)10-16/h11-15H,4-10H2,1-3H3. The molecule has 2 atom stereocenters. The molecule has 2 unspecified atom stereocenters. The quantitative estimate of drug-likeness (QED) is 0.776. The van der Waals surface area contributed by atoms with Gasteiger partial charge in [0, 0.05) is 31.2 Å². The summed E-state index contributed by atoms with van der Waals surface area (Å²) >= 11 is 0. The van der Waals surface area contributed by atoms with Crippen LogP contribution in [0.15, 0.2) is 0 Å². The van der Waals surface area contributed by atoms with Crippen LogP contribution in [0.4, 0.5) is 0 Å². The molecule has 0 aromatic rings. The van der Waals surface area contributed by atoms with Gasteiger partial charge in [-0.2, -0.15) is 0 Å². The molecule has 2 nitrogen and oxygen atoms in total. The zero-order valence-corrected chi connectivity index (χ0v) is 11.2. The molecule has 0 bridgehead atoms. The van der Waals surface area contributed by atoms with E-state index in [4.69, 9.17) is 0 Å². The molecule has 2 fully saturated rings. The number of rotatable bonds is 2. The highest BCUT2D eigenvalue weighted by molar-refractivity contribution is 4.87. The molecule has 1 heterocycles. The molecule has 0 aromatic heterocycles. The first-order chi connectivity index (χ1) is 7.69. The second kappa shape index (κ2) is 5.50. The third-order valence-corrected chi connectivity index (χ3v) is 4.50. The lowest BCUT2D eigenvalue weighted by atomic mass is 9.83. The molecule has 94 valence electrons. The van der Waals surface area contributed by atoms with Gasteiger partial charge in [0.05, 0.1) is 0 Å². The van der Waals surface area contributed by atoms with Crippen molar-refractivity contribution < 1.29 is 0 Å². The summed E-state index contributed by atoms with van der Waals surface area (Å²) in [5.74, 6) is 1.02. The highest BCUT2D eigenvalue weighted by Crippen LogP contribution is 2.30. The van der Waals surface area contributed by atoms with E-state index in [1.165, 1.54) is 45.2 Å². The first kappa shape index (κ1) is 12.4. The van der Waals surface area contributed by atoms with Gasteiger partial charge < -0.3 is 5.32 Å². The Labute approximate surface area is 101 Å². The van der Waals surface area contributed by atoms with Gasteiger partial charge in [-0.15, -0.1) is 0 Å². The molecular formula is C14H28N2. The topological polar surface area (TPSA) is 15.3 Å². The predicted molar refractivity (Wildman–Crippen MR) is 69.7 cm³/mol. The van der Waals surface area contributed by atoms with Crippen molar-refractivity contribution in [3.8, 4) is 0 Å². The maximum atomic E-state index is 3.63. The number of hydrogen-bond acceptors (Lipinski definition) is 2. The Kier molecular flexibility index (Phi) is 4.26. The van der Waals surface area contributed by atoms with E-state index in [0.717, 1.165) is 12.0 Å². The van der Waals surface area contributed by atoms with Gasteiger partial charge in [0.1, 0.15) is 0 Å². The zero-order chi connectivity index (χ0) is 11.5. The van der Waals surface area contributed by atoms with Crippen LogP contribution in [0.5, 0.6) is 0 Å². The molecule has 0 amide bonds. The number of hydrogen-bond donors (Lipinski definition) is 1. The first-order valence-electron chi connectivity index (χ1n) is 7.19. The van der Waals surface area contributed by atoms with Gasteiger partial charge in [-0.05, 0) is 45.4 Å². The van der Waals surface area contributed by atoms with Crippen LogP contribution in [0.3, 0.4) is 0 Å². The van der Waals surface area contributed by atoms with Crippen LogP contribution in [-0.4, -0.2) is 36.1 Å². The zero-order valence-electron chi connectivity index (χ0n) is 11.2. The van der Waals surface area contributed by atoms with Crippen LogP contribution >= 0.6 is 0 Å². The highest BCUT2D eigenvalue weighted by atomic mass is 15.2. The van der Waals surface area contributed by atoms with Crippen molar-refractivity contribution in [3.05, 3.63) is 0 Å². The lowest BCUT2D eigenvalue weighted by Gasteiger charge is -2.43. The van der Waals surface area contributed by atoms with Crippen molar-refractivity contribution in [1.82, 2.24) is 10.2 Å². The van der Waals surface area contributed by atoms with Gasteiger partial charge in [-0.1, -0.05) is 13.3 Å². The molecule has 0 radical (unpaired) electrons. The molecule has 2 aliphatic rings. The summed E-state index contributed by atoms with van der Waals surface area (Å²) < 4.78 is 0. The molecule has 1 N–H and O–H groups in total. The minimum Gasteiger partial charge on any atom is -0.309 e. The van der Waals surface area contributed by atoms with E-state index in [1.807, 2.05) is 0 Å². The minimum atomic E-state index is 0.674. The SMILES string of the molecule is CCC1CCC(N2CC(C)NC(C)C2)CC1. The largest absolute Gasteiger partial charge is 0.309 e. The third kappa shape index (κ3) is 2.98. The molecule has 1 saturated heterocycles. The van der Waals surface area contributed by atoms with E-state index in [2.05, 4.69) is 31.0 Å². The molecule has 2 rings (SSSR count). The van der Waals surface area contributed by atoms with E-state index in [9.17, 15) is 0 Å². The van der Waals surface area contributed by atoms with Gasteiger partial charge in [-0.3, -0.25) is 4.90 Å². The second-order valence-electron chi connectivity index (χ2n) is 6.01. The van der Waals surface area contributed by atoms with E-state index in [-0.39, 0.29) is 0 Å². The fraction of sp³-hybridized carbons (Fsp3) is 1.00. The number of nitrogens with one attached hydrogen (secondary N) is 1. The number of piperazine rings is 1. The van der Waals surface area contributed by atoms with E-state index in [1.54, 1.807) is 0 Å². The van der Waals surface area contributed by atoms with E-state index < -0.39 is 0 Å². The summed E-state index contributed by atoms with van der Waals surface area (Å²) in [6.45, 7) is 9.50. The van der Waals surface area contributed by atoms with Crippen molar-refractivity contribution in [2.24, 2.45) is 5.92 Å². The van der Waals surface area contributed by atoms with Crippen LogP contribution in [0, 0.1) is 5.92 Å². The Bertz CT molecular complexity index is 199. The minimum absolute atomic E-state index is 0.674. The van der Waals surface area contributed by atoms with Crippen molar-refractivity contribution in [3.63, 3.8) is 0 Å². The summed E-state index contributed by atoms with van der Waals surface area (Å²) in [5.41, 5.74) is 0. The molecule has 1 aliphatic carbocycles. The summed E-state index contributed by atoms with van der Waals surface area (Å²) in [4.78, 5) is 2.75. The predicted octanol–water partition coefficient (Wildman–Crippen LogP) is 2.64. The molecule has 0 aromatic carbocycles. The van der Waals surface area contributed by atoms with E-state index in [0.29, 0.717) is 12.1 Å². The van der Waals surface area contributed by atoms with Crippen molar-refractivity contribution in [1.29, 1.82) is 0 Å². The van der Waals surface area contributed by atoms with Gasteiger partial charge >= 0.3 is 0 Å². The second-order valence-corrected chi connectivity index (χ2v) is 6.01. The van der Waals surface area contributed by atoms with Gasteiger partial charge in [0.2, 0.25) is 0 Å². The fourth-order valence-corrected chi connectivity index (χ4v) is 3.59. The summed E-state index contributed by atoms with van der Waals surface area (Å²) in [6.07, 6.45) is 7.21. The molecular weight excluding hydrogens is 196 g/mol. The summed E-state index contributed by atoms with van der Waals surface area (Å²) in [6, 6.07) is 2.23. The molecule has 0 spiro atoms. The first-order valence-corrected chi connectivity index (χ1v) is 7.19. The van der Waals surface area contributed by atoms with Crippen LogP contribution in [0.1, 0.15) is 52.9 Å². The van der Waals surface area contributed by atoms with Gasteiger partial charge in [-0.25, -0.2) is 0 Å². The summed E-state index contributed by atoms with van der Waals surface area (Å²) in [7, 11) is 0. The molecule has 2 heteroatoms. The normalized spacial score (nSPS) is 42.2. The maximum absolute atomic E-state index is 3.63. The maximum Gasteiger partial charge on any atom is 0.0169 e. The monoisotopic (exact) mass is 224 g/mol. The third-order valence-electron chi connectivity index (χ3n) is 4.50. The van der Waals surface area contributed by atoms with Crippen LogP contribution < -0.4 is 5.32 Å². The van der Waals surface area contributed by atoms with E-state index >= 15 is 0 Å². The Morgan fingerprint density at radius 2 is 1.56 bits per heavy atom. The van der Waals surface area contributed by atoms with Gasteiger partial charge in [0.15, 0.2) is 0 Å². The van der Waals surface area contributed by atoms with Crippen LogP contribution in [0.25, 0.3) is 0 Å². The van der Waals surface area contributed by atoms with Crippen molar-refractivity contribution in [2.45, 2.75) is 71.0 Å². The summed E-state index contributed by atoms with van der Waals surface area (Å²) in [5, 5.41) is 3.63. The van der Waals surface area contributed by atoms with Crippen LogP contribution in [0.2, 0.25) is 0 Å².